The number of nitrogens with zero attached hydrogens (tertiary/aromatic N) is 2. The van der Waals surface area contributed by atoms with Crippen LogP contribution in [0.1, 0.15) is 23.9 Å². The quantitative estimate of drug-likeness (QED) is 0.667. The van der Waals surface area contributed by atoms with Gasteiger partial charge in [-0.3, -0.25) is 9.48 Å². The summed E-state index contributed by atoms with van der Waals surface area (Å²) in [5.41, 5.74) is 12.5. The van der Waals surface area contributed by atoms with Crippen LogP contribution in [0.4, 0.5) is 0 Å². The average molecular weight is 182 g/mol. The molecule has 1 atom stereocenters. The van der Waals surface area contributed by atoms with Crippen molar-refractivity contribution in [3.05, 3.63) is 17.5 Å². The minimum atomic E-state index is -0.397. The lowest BCUT2D eigenvalue weighted by atomic mass is 10.1. The average Bonchev–Trinajstić information content (AvgIpc) is 2.28. The number of primary amides is 1. The molecule has 72 valence electrons. The van der Waals surface area contributed by atoms with Crippen molar-refractivity contribution in [3.63, 3.8) is 0 Å². The SMILES string of the molecule is Cc1cc(C(N)CC(N)=O)n(C)n1. The van der Waals surface area contributed by atoms with Gasteiger partial charge in [0.05, 0.1) is 17.4 Å². The Balaban J connectivity index is 2.81. The summed E-state index contributed by atoms with van der Waals surface area (Å²) in [6.45, 7) is 1.88. The van der Waals surface area contributed by atoms with Gasteiger partial charge in [-0.25, -0.2) is 0 Å². The third kappa shape index (κ3) is 2.29. The van der Waals surface area contributed by atoms with Crippen LogP contribution in [0.5, 0.6) is 0 Å². The summed E-state index contributed by atoms with van der Waals surface area (Å²) in [6, 6.07) is 1.50. The van der Waals surface area contributed by atoms with Gasteiger partial charge in [-0.2, -0.15) is 5.10 Å². The summed E-state index contributed by atoms with van der Waals surface area (Å²) in [5.74, 6) is -0.397. The molecule has 0 aliphatic carbocycles. The topological polar surface area (TPSA) is 86.9 Å². The van der Waals surface area contributed by atoms with Crippen LogP contribution in [0.3, 0.4) is 0 Å². The lowest BCUT2D eigenvalue weighted by molar-refractivity contribution is -0.118. The van der Waals surface area contributed by atoms with Crippen molar-refractivity contribution in [2.45, 2.75) is 19.4 Å². The standard InChI is InChI=1S/C8H14N4O/c1-5-3-7(12(2)11-5)6(9)4-8(10)13/h3,6H,4,9H2,1-2H3,(H2,10,13). The molecule has 0 radical (unpaired) electrons. The fourth-order valence-corrected chi connectivity index (χ4v) is 1.30. The van der Waals surface area contributed by atoms with Crippen molar-refractivity contribution in [1.82, 2.24) is 9.78 Å². The Kier molecular flexibility index (Phi) is 2.67. The molecule has 0 bridgehead atoms. The summed E-state index contributed by atoms with van der Waals surface area (Å²) >= 11 is 0. The molecule has 0 aliphatic rings. The zero-order chi connectivity index (χ0) is 10.0. The Bertz CT molecular complexity index is 318. The summed E-state index contributed by atoms with van der Waals surface area (Å²) in [4.78, 5) is 10.6. The van der Waals surface area contributed by atoms with Gasteiger partial charge >= 0.3 is 0 Å². The highest BCUT2D eigenvalue weighted by Gasteiger charge is 2.13. The molecule has 0 aliphatic heterocycles. The molecular weight excluding hydrogens is 168 g/mol. The molecule has 0 aromatic carbocycles. The van der Waals surface area contributed by atoms with Gasteiger partial charge in [0.15, 0.2) is 0 Å². The molecule has 0 saturated carbocycles. The van der Waals surface area contributed by atoms with Crippen molar-refractivity contribution >= 4 is 5.91 Å². The van der Waals surface area contributed by atoms with E-state index in [0.29, 0.717) is 0 Å². The number of carbonyl (C=O) groups excluding carboxylic acids is 1. The lowest BCUT2D eigenvalue weighted by Crippen LogP contribution is -2.22. The van der Waals surface area contributed by atoms with Gasteiger partial charge < -0.3 is 11.5 Å². The summed E-state index contributed by atoms with van der Waals surface area (Å²) < 4.78 is 1.67. The van der Waals surface area contributed by atoms with E-state index in [1.165, 1.54) is 0 Å². The zero-order valence-electron chi connectivity index (χ0n) is 7.82. The fraction of sp³-hybridized carbons (Fsp3) is 0.500. The van der Waals surface area contributed by atoms with Crippen LogP contribution in [-0.4, -0.2) is 15.7 Å². The first-order valence-corrected chi connectivity index (χ1v) is 4.05. The van der Waals surface area contributed by atoms with E-state index in [9.17, 15) is 4.79 Å². The Hall–Kier alpha value is -1.36. The predicted octanol–water partition coefficient (Wildman–Crippen LogP) is -0.396. The van der Waals surface area contributed by atoms with Gasteiger partial charge in [-0.15, -0.1) is 0 Å². The molecule has 0 saturated heterocycles. The minimum Gasteiger partial charge on any atom is -0.370 e. The number of aryl methyl sites for hydroxylation is 2. The second-order valence-corrected chi connectivity index (χ2v) is 3.11. The summed E-state index contributed by atoms with van der Waals surface area (Å²) in [7, 11) is 1.79. The van der Waals surface area contributed by atoms with Crippen LogP contribution < -0.4 is 11.5 Å². The third-order valence-corrected chi connectivity index (χ3v) is 1.84. The molecule has 1 amide bonds. The van der Waals surface area contributed by atoms with Gasteiger partial charge in [-0.05, 0) is 13.0 Å². The van der Waals surface area contributed by atoms with Crippen molar-refractivity contribution in [3.8, 4) is 0 Å². The molecule has 1 aromatic rings. The van der Waals surface area contributed by atoms with E-state index in [1.807, 2.05) is 13.0 Å². The molecule has 0 spiro atoms. The zero-order valence-corrected chi connectivity index (χ0v) is 7.82. The van der Waals surface area contributed by atoms with Crippen molar-refractivity contribution in [2.75, 3.05) is 0 Å². The van der Waals surface area contributed by atoms with Crippen LogP contribution in [0.15, 0.2) is 6.07 Å². The molecular formula is C8H14N4O. The number of rotatable bonds is 3. The van der Waals surface area contributed by atoms with E-state index >= 15 is 0 Å². The number of hydrogen-bond acceptors (Lipinski definition) is 3. The first-order chi connectivity index (χ1) is 6.00. The summed E-state index contributed by atoms with van der Waals surface area (Å²) in [6.07, 6.45) is 0.152. The third-order valence-electron chi connectivity index (χ3n) is 1.84. The molecule has 1 rings (SSSR count). The first kappa shape index (κ1) is 9.73. The van der Waals surface area contributed by atoms with Gasteiger partial charge in [0.2, 0.25) is 5.91 Å². The van der Waals surface area contributed by atoms with E-state index in [2.05, 4.69) is 5.10 Å². The Morgan fingerprint density at radius 2 is 2.38 bits per heavy atom. The highest BCUT2D eigenvalue weighted by Crippen LogP contribution is 2.13. The normalized spacial score (nSPS) is 12.8. The largest absolute Gasteiger partial charge is 0.370 e. The monoisotopic (exact) mass is 182 g/mol. The van der Waals surface area contributed by atoms with Crippen molar-refractivity contribution in [1.29, 1.82) is 0 Å². The fourth-order valence-electron chi connectivity index (χ4n) is 1.30. The molecule has 13 heavy (non-hydrogen) atoms. The van der Waals surface area contributed by atoms with E-state index in [1.54, 1.807) is 11.7 Å². The number of nitrogens with two attached hydrogens (primary N) is 2. The van der Waals surface area contributed by atoms with Gasteiger partial charge in [-0.1, -0.05) is 0 Å². The highest BCUT2D eigenvalue weighted by atomic mass is 16.1. The molecule has 0 fully saturated rings. The lowest BCUT2D eigenvalue weighted by Gasteiger charge is -2.08. The maximum absolute atomic E-state index is 10.6. The van der Waals surface area contributed by atoms with Crippen molar-refractivity contribution < 1.29 is 4.79 Å². The second kappa shape index (κ2) is 3.57. The van der Waals surface area contributed by atoms with Gasteiger partial charge in [0.25, 0.3) is 0 Å². The minimum absolute atomic E-state index is 0.152. The van der Waals surface area contributed by atoms with Gasteiger partial charge in [0.1, 0.15) is 0 Å². The van der Waals surface area contributed by atoms with Crippen LogP contribution in [0.2, 0.25) is 0 Å². The highest BCUT2D eigenvalue weighted by molar-refractivity contribution is 5.74. The molecule has 5 nitrogen and oxygen atoms in total. The van der Waals surface area contributed by atoms with E-state index in [4.69, 9.17) is 11.5 Å². The van der Waals surface area contributed by atoms with Crippen molar-refractivity contribution in [2.24, 2.45) is 18.5 Å². The molecule has 1 aromatic heterocycles. The molecule has 1 unspecified atom stereocenters. The maximum Gasteiger partial charge on any atom is 0.219 e. The van der Waals surface area contributed by atoms with Gasteiger partial charge in [0, 0.05) is 13.5 Å². The van der Waals surface area contributed by atoms with E-state index in [-0.39, 0.29) is 12.5 Å². The smallest absolute Gasteiger partial charge is 0.219 e. The molecule has 5 heteroatoms. The number of amides is 1. The molecule has 1 heterocycles. The Labute approximate surface area is 76.7 Å². The first-order valence-electron chi connectivity index (χ1n) is 4.05. The predicted molar refractivity (Wildman–Crippen MR) is 48.7 cm³/mol. The maximum atomic E-state index is 10.6. The Morgan fingerprint density at radius 1 is 1.77 bits per heavy atom. The second-order valence-electron chi connectivity index (χ2n) is 3.11. The number of hydrogen-bond donors (Lipinski definition) is 2. The number of aromatic nitrogens is 2. The van der Waals surface area contributed by atoms with Crippen LogP contribution in [0.25, 0.3) is 0 Å². The van der Waals surface area contributed by atoms with Crippen LogP contribution >= 0.6 is 0 Å². The summed E-state index contributed by atoms with van der Waals surface area (Å²) in [5, 5.41) is 4.12. The van der Waals surface area contributed by atoms with E-state index < -0.39 is 5.91 Å². The Morgan fingerprint density at radius 3 is 2.77 bits per heavy atom. The van der Waals surface area contributed by atoms with Crippen LogP contribution in [-0.2, 0) is 11.8 Å². The van der Waals surface area contributed by atoms with E-state index in [0.717, 1.165) is 11.4 Å². The van der Waals surface area contributed by atoms with Crippen LogP contribution in [0, 0.1) is 6.92 Å². The number of carbonyl (C=O) groups is 1. The molecule has 4 N–H and O–H groups in total.